The highest BCUT2D eigenvalue weighted by Crippen LogP contribution is 2.21. The van der Waals surface area contributed by atoms with Crippen molar-refractivity contribution in [1.29, 1.82) is 0 Å². The standard InChI is InChI=1S/C19H22N6O2S/c1-4-27-17-11-9-16(10-12-17)25-19(21-22-23-25)28-13-18(26)20-14-5-7-15(8-6-14)24(2)3/h5-12H,4,13H2,1-3H3,(H,20,26). The van der Waals surface area contributed by atoms with Crippen LogP contribution < -0.4 is 15.0 Å². The molecule has 1 amide bonds. The minimum absolute atomic E-state index is 0.121. The highest BCUT2D eigenvalue weighted by Gasteiger charge is 2.12. The summed E-state index contributed by atoms with van der Waals surface area (Å²) >= 11 is 1.27. The van der Waals surface area contributed by atoms with Gasteiger partial charge in [-0.15, -0.1) is 5.10 Å². The third-order valence-electron chi connectivity index (χ3n) is 3.83. The number of rotatable bonds is 8. The Hall–Kier alpha value is -3.07. The lowest BCUT2D eigenvalue weighted by Gasteiger charge is -2.13. The lowest BCUT2D eigenvalue weighted by atomic mass is 10.2. The van der Waals surface area contributed by atoms with Gasteiger partial charge in [0.05, 0.1) is 18.0 Å². The van der Waals surface area contributed by atoms with E-state index >= 15 is 0 Å². The first-order valence-electron chi connectivity index (χ1n) is 8.78. The molecule has 0 bridgehead atoms. The molecular weight excluding hydrogens is 376 g/mol. The minimum atomic E-state index is -0.121. The van der Waals surface area contributed by atoms with Crippen molar-refractivity contribution in [3.05, 3.63) is 48.5 Å². The van der Waals surface area contributed by atoms with Gasteiger partial charge < -0.3 is 15.0 Å². The van der Waals surface area contributed by atoms with Crippen LogP contribution in [-0.2, 0) is 4.79 Å². The highest BCUT2D eigenvalue weighted by molar-refractivity contribution is 7.99. The maximum atomic E-state index is 12.3. The van der Waals surface area contributed by atoms with E-state index in [2.05, 4.69) is 20.8 Å². The molecule has 8 nitrogen and oxygen atoms in total. The zero-order valence-corrected chi connectivity index (χ0v) is 16.8. The van der Waals surface area contributed by atoms with Gasteiger partial charge >= 0.3 is 0 Å². The molecule has 0 aliphatic carbocycles. The summed E-state index contributed by atoms with van der Waals surface area (Å²) in [7, 11) is 3.94. The predicted octanol–water partition coefficient (Wildman–Crippen LogP) is 2.86. The molecule has 0 radical (unpaired) electrons. The summed E-state index contributed by atoms with van der Waals surface area (Å²) < 4.78 is 7.04. The first-order valence-corrected chi connectivity index (χ1v) is 9.77. The zero-order chi connectivity index (χ0) is 19.9. The van der Waals surface area contributed by atoms with Crippen LogP contribution in [0, 0.1) is 0 Å². The van der Waals surface area contributed by atoms with Crippen LogP contribution in [-0.4, -0.2) is 52.6 Å². The molecule has 3 rings (SSSR count). The lowest BCUT2D eigenvalue weighted by Crippen LogP contribution is -2.15. The molecule has 0 spiro atoms. The summed E-state index contributed by atoms with van der Waals surface area (Å²) in [5, 5.41) is 15.2. The molecule has 3 aromatic rings. The second-order valence-corrected chi connectivity index (χ2v) is 7.02. The Balaban J connectivity index is 1.59. The molecule has 1 aromatic heterocycles. The smallest absolute Gasteiger partial charge is 0.234 e. The van der Waals surface area contributed by atoms with Crippen LogP contribution in [0.2, 0.25) is 0 Å². The van der Waals surface area contributed by atoms with E-state index in [4.69, 9.17) is 4.74 Å². The van der Waals surface area contributed by atoms with Crippen molar-refractivity contribution in [3.8, 4) is 11.4 Å². The van der Waals surface area contributed by atoms with Gasteiger partial charge in [-0.2, -0.15) is 4.68 Å². The molecule has 1 heterocycles. The fourth-order valence-corrected chi connectivity index (χ4v) is 3.14. The van der Waals surface area contributed by atoms with Crippen LogP contribution >= 0.6 is 11.8 Å². The largest absolute Gasteiger partial charge is 0.494 e. The van der Waals surface area contributed by atoms with E-state index in [-0.39, 0.29) is 11.7 Å². The number of hydrogen-bond donors (Lipinski definition) is 1. The molecule has 1 N–H and O–H groups in total. The molecule has 0 atom stereocenters. The van der Waals surface area contributed by atoms with Crippen LogP contribution in [0.4, 0.5) is 11.4 Å². The van der Waals surface area contributed by atoms with Crippen molar-refractivity contribution >= 4 is 29.0 Å². The van der Waals surface area contributed by atoms with E-state index in [1.54, 1.807) is 4.68 Å². The molecule has 9 heteroatoms. The monoisotopic (exact) mass is 398 g/mol. The number of ether oxygens (including phenoxy) is 1. The van der Waals surface area contributed by atoms with E-state index in [1.165, 1.54) is 11.8 Å². The Morgan fingerprint density at radius 3 is 2.50 bits per heavy atom. The molecule has 0 saturated carbocycles. The Bertz CT molecular complexity index is 909. The van der Waals surface area contributed by atoms with Crippen molar-refractivity contribution in [2.24, 2.45) is 0 Å². The number of carbonyl (C=O) groups is 1. The van der Waals surface area contributed by atoms with E-state index in [0.717, 1.165) is 22.8 Å². The van der Waals surface area contributed by atoms with E-state index in [9.17, 15) is 4.79 Å². The van der Waals surface area contributed by atoms with Gasteiger partial charge in [-0.05, 0) is 65.9 Å². The molecule has 2 aromatic carbocycles. The summed E-state index contributed by atoms with van der Waals surface area (Å²) in [5.41, 5.74) is 2.62. The van der Waals surface area contributed by atoms with Gasteiger partial charge in [-0.25, -0.2) is 0 Å². The number of amides is 1. The average molecular weight is 398 g/mol. The van der Waals surface area contributed by atoms with Gasteiger partial charge in [0.15, 0.2) is 0 Å². The van der Waals surface area contributed by atoms with Gasteiger partial charge in [0.25, 0.3) is 0 Å². The predicted molar refractivity (Wildman–Crippen MR) is 110 cm³/mol. The zero-order valence-electron chi connectivity index (χ0n) is 16.0. The number of nitrogens with zero attached hydrogens (tertiary/aromatic N) is 5. The molecule has 146 valence electrons. The Kier molecular flexibility index (Phi) is 6.49. The fourth-order valence-electron chi connectivity index (χ4n) is 2.45. The van der Waals surface area contributed by atoms with Crippen LogP contribution in [0.15, 0.2) is 53.7 Å². The van der Waals surface area contributed by atoms with Gasteiger partial charge in [-0.1, -0.05) is 11.8 Å². The number of aromatic nitrogens is 4. The molecular formula is C19H22N6O2S. The van der Waals surface area contributed by atoms with Crippen molar-refractivity contribution in [3.63, 3.8) is 0 Å². The second-order valence-electron chi connectivity index (χ2n) is 6.08. The number of carbonyl (C=O) groups excluding carboxylic acids is 1. The van der Waals surface area contributed by atoms with Gasteiger partial charge in [0, 0.05) is 25.5 Å². The van der Waals surface area contributed by atoms with E-state index < -0.39 is 0 Å². The summed E-state index contributed by atoms with van der Waals surface area (Å²) in [4.78, 5) is 14.3. The van der Waals surface area contributed by atoms with Crippen LogP contribution in [0.25, 0.3) is 5.69 Å². The van der Waals surface area contributed by atoms with Gasteiger partial charge in [-0.3, -0.25) is 4.79 Å². The number of benzene rings is 2. The van der Waals surface area contributed by atoms with Crippen molar-refractivity contribution in [1.82, 2.24) is 20.2 Å². The SMILES string of the molecule is CCOc1ccc(-n2nnnc2SCC(=O)Nc2ccc(N(C)C)cc2)cc1. The maximum absolute atomic E-state index is 12.3. The summed E-state index contributed by atoms with van der Waals surface area (Å²) in [6, 6.07) is 15.1. The number of nitrogens with one attached hydrogen (secondary N) is 1. The van der Waals surface area contributed by atoms with Crippen molar-refractivity contribution in [2.75, 3.05) is 36.7 Å². The number of anilines is 2. The highest BCUT2D eigenvalue weighted by atomic mass is 32.2. The average Bonchev–Trinajstić information content (AvgIpc) is 3.16. The lowest BCUT2D eigenvalue weighted by molar-refractivity contribution is -0.113. The summed E-state index contributed by atoms with van der Waals surface area (Å²) in [6.07, 6.45) is 0. The first-order chi connectivity index (χ1) is 13.6. The third kappa shape index (κ3) is 5.01. The maximum Gasteiger partial charge on any atom is 0.234 e. The quantitative estimate of drug-likeness (QED) is 0.584. The van der Waals surface area contributed by atoms with Crippen LogP contribution in [0.1, 0.15) is 6.92 Å². The van der Waals surface area contributed by atoms with Crippen molar-refractivity contribution < 1.29 is 9.53 Å². The van der Waals surface area contributed by atoms with Crippen molar-refractivity contribution in [2.45, 2.75) is 12.1 Å². The molecule has 0 aliphatic heterocycles. The number of hydrogen-bond acceptors (Lipinski definition) is 7. The topological polar surface area (TPSA) is 85.2 Å². The Labute approximate surface area is 167 Å². The molecule has 0 aliphatic rings. The summed E-state index contributed by atoms with van der Waals surface area (Å²) in [5.74, 6) is 0.865. The molecule has 28 heavy (non-hydrogen) atoms. The molecule has 0 unspecified atom stereocenters. The normalized spacial score (nSPS) is 10.5. The van der Waals surface area contributed by atoms with Gasteiger partial charge in [0.1, 0.15) is 5.75 Å². The minimum Gasteiger partial charge on any atom is -0.494 e. The Morgan fingerprint density at radius 1 is 1.14 bits per heavy atom. The third-order valence-corrected chi connectivity index (χ3v) is 4.75. The summed E-state index contributed by atoms with van der Waals surface area (Å²) in [6.45, 7) is 2.55. The second kappa shape index (κ2) is 9.23. The van der Waals surface area contributed by atoms with Crippen LogP contribution in [0.3, 0.4) is 0 Å². The molecule has 0 fully saturated rings. The van der Waals surface area contributed by atoms with E-state index in [1.807, 2.05) is 74.4 Å². The van der Waals surface area contributed by atoms with E-state index in [0.29, 0.717) is 11.8 Å². The van der Waals surface area contributed by atoms with Gasteiger partial charge in [0.2, 0.25) is 11.1 Å². The first kappa shape index (κ1) is 19.7. The molecule has 0 saturated heterocycles. The Morgan fingerprint density at radius 2 is 1.86 bits per heavy atom. The number of thioether (sulfide) groups is 1. The number of tetrazole rings is 1. The fraction of sp³-hybridized carbons (Fsp3) is 0.263. The van der Waals surface area contributed by atoms with Crippen LogP contribution in [0.5, 0.6) is 5.75 Å².